The van der Waals surface area contributed by atoms with E-state index >= 15 is 0 Å². The number of carbonyl (C=O) groups excluding carboxylic acids is 1. The number of amides is 1. The topological polar surface area (TPSA) is 32.8 Å². The molecule has 1 aromatic heterocycles. The number of nitrogens with zero attached hydrogens (tertiary/aromatic N) is 2. The molecule has 1 aliphatic heterocycles. The Morgan fingerprint density at radius 1 is 0.889 bits per heavy atom. The first-order valence-corrected chi connectivity index (χ1v) is 10.0. The smallest absolute Gasteiger partial charge is 0.264 e. The van der Waals surface area contributed by atoms with Crippen molar-refractivity contribution in [2.45, 2.75) is 6.61 Å². The average Bonchev–Trinajstić information content (AvgIpc) is 3.28. The van der Waals surface area contributed by atoms with Crippen molar-refractivity contribution in [2.75, 3.05) is 31.1 Å². The molecule has 2 aromatic carbocycles. The van der Waals surface area contributed by atoms with Crippen LogP contribution in [0.25, 0.3) is 0 Å². The molecular weight excluding hydrogens is 356 g/mol. The van der Waals surface area contributed by atoms with Gasteiger partial charge in [0, 0.05) is 31.9 Å². The van der Waals surface area contributed by atoms with Crippen molar-refractivity contribution in [3.8, 4) is 5.75 Å². The van der Waals surface area contributed by atoms with Crippen LogP contribution in [-0.2, 0) is 6.61 Å². The van der Waals surface area contributed by atoms with Gasteiger partial charge in [-0.25, -0.2) is 0 Å². The third kappa shape index (κ3) is 4.31. The van der Waals surface area contributed by atoms with Gasteiger partial charge in [-0.3, -0.25) is 4.79 Å². The Kier molecular flexibility index (Phi) is 5.39. The Morgan fingerprint density at radius 2 is 1.63 bits per heavy atom. The van der Waals surface area contributed by atoms with Gasteiger partial charge in [0.15, 0.2) is 0 Å². The lowest BCUT2D eigenvalue weighted by Gasteiger charge is -2.36. The second-order valence-corrected chi connectivity index (χ2v) is 7.47. The number of hydrogen-bond acceptors (Lipinski definition) is 4. The third-order valence-corrected chi connectivity index (χ3v) is 5.61. The first kappa shape index (κ1) is 17.6. The largest absolute Gasteiger partial charge is 0.489 e. The van der Waals surface area contributed by atoms with Crippen molar-refractivity contribution in [2.24, 2.45) is 0 Å². The summed E-state index contributed by atoms with van der Waals surface area (Å²) in [5, 5.41) is 1.95. The van der Waals surface area contributed by atoms with E-state index < -0.39 is 0 Å². The normalized spacial score (nSPS) is 14.2. The molecule has 0 unspecified atom stereocenters. The molecule has 0 bridgehead atoms. The molecule has 0 aliphatic carbocycles. The third-order valence-electron chi connectivity index (χ3n) is 4.75. The van der Waals surface area contributed by atoms with E-state index in [1.165, 1.54) is 17.0 Å². The summed E-state index contributed by atoms with van der Waals surface area (Å²) in [5.41, 5.74) is 2.33. The molecule has 0 saturated carbocycles. The molecule has 0 radical (unpaired) electrons. The Balaban J connectivity index is 1.30. The quantitative estimate of drug-likeness (QED) is 0.664. The first-order valence-electron chi connectivity index (χ1n) is 9.14. The fraction of sp³-hybridized carbons (Fsp3) is 0.227. The van der Waals surface area contributed by atoms with Gasteiger partial charge in [-0.15, -0.1) is 11.3 Å². The van der Waals surface area contributed by atoms with Crippen LogP contribution in [0.4, 0.5) is 5.69 Å². The lowest BCUT2D eigenvalue weighted by Crippen LogP contribution is -2.48. The number of benzene rings is 2. The van der Waals surface area contributed by atoms with Crippen LogP contribution in [0.3, 0.4) is 0 Å². The summed E-state index contributed by atoms with van der Waals surface area (Å²) >= 11 is 1.51. The summed E-state index contributed by atoms with van der Waals surface area (Å²) in [6.07, 6.45) is 0. The van der Waals surface area contributed by atoms with Crippen LogP contribution in [0.2, 0.25) is 0 Å². The van der Waals surface area contributed by atoms with E-state index in [-0.39, 0.29) is 5.91 Å². The lowest BCUT2D eigenvalue weighted by atomic mass is 10.2. The van der Waals surface area contributed by atoms with Crippen molar-refractivity contribution in [1.29, 1.82) is 0 Å². The van der Waals surface area contributed by atoms with Crippen LogP contribution in [0.15, 0.2) is 72.1 Å². The van der Waals surface area contributed by atoms with Crippen molar-refractivity contribution in [3.05, 3.63) is 82.6 Å². The van der Waals surface area contributed by atoms with Crippen LogP contribution >= 0.6 is 11.3 Å². The molecule has 5 heteroatoms. The number of piperazine rings is 1. The first-order chi connectivity index (χ1) is 13.3. The molecule has 1 aliphatic rings. The number of thiophene rings is 1. The van der Waals surface area contributed by atoms with Crippen LogP contribution in [0, 0.1) is 0 Å². The maximum absolute atomic E-state index is 12.4. The highest BCUT2D eigenvalue weighted by Crippen LogP contribution is 2.22. The molecule has 4 nitrogen and oxygen atoms in total. The van der Waals surface area contributed by atoms with Gasteiger partial charge in [0.25, 0.3) is 5.91 Å². The summed E-state index contributed by atoms with van der Waals surface area (Å²) in [5.74, 6) is 1.02. The number of hydrogen-bond donors (Lipinski definition) is 0. The van der Waals surface area contributed by atoms with Crippen molar-refractivity contribution in [3.63, 3.8) is 0 Å². The molecule has 4 rings (SSSR count). The van der Waals surface area contributed by atoms with Crippen LogP contribution in [-0.4, -0.2) is 37.0 Å². The second kappa shape index (κ2) is 8.27. The summed E-state index contributed by atoms with van der Waals surface area (Å²) in [6, 6.07) is 22.2. The highest BCUT2D eigenvalue weighted by Gasteiger charge is 2.22. The van der Waals surface area contributed by atoms with Gasteiger partial charge in [-0.1, -0.05) is 36.4 Å². The highest BCUT2D eigenvalue weighted by molar-refractivity contribution is 7.12. The minimum absolute atomic E-state index is 0.148. The molecule has 0 spiro atoms. The number of ether oxygens (including phenoxy) is 1. The molecule has 1 fully saturated rings. The zero-order valence-corrected chi connectivity index (χ0v) is 15.9. The minimum Gasteiger partial charge on any atom is -0.489 e. The van der Waals surface area contributed by atoms with Crippen LogP contribution in [0.1, 0.15) is 15.2 Å². The van der Waals surface area contributed by atoms with Gasteiger partial charge < -0.3 is 14.5 Å². The number of anilines is 1. The van der Waals surface area contributed by atoms with E-state index in [2.05, 4.69) is 29.2 Å². The molecule has 1 saturated heterocycles. The van der Waals surface area contributed by atoms with Gasteiger partial charge in [-0.2, -0.15) is 0 Å². The minimum atomic E-state index is 0.148. The van der Waals surface area contributed by atoms with Crippen molar-refractivity contribution < 1.29 is 9.53 Å². The maximum atomic E-state index is 12.4. The molecule has 1 amide bonds. The molecule has 2 heterocycles. The van der Waals surface area contributed by atoms with Gasteiger partial charge in [0.2, 0.25) is 0 Å². The summed E-state index contributed by atoms with van der Waals surface area (Å²) in [6.45, 7) is 3.78. The lowest BCUT2D eigenvalue weighted by molar-refractivity contribution is 0.0751. The predicted octanol–water partition coefficient (Wildman–Crippen LogP) is 4.29. The Labute approximate surface area is 163 Å². The van der Waals surface area contributed by atoms with Gasteiger partial charge in [0.05, 0.1) is 4.88 Å². The summed E-state index contributed by atoms with van der Waals surface area (Å²) in [7, 11) is 0. The predicted molar refractivity (Wildman–Crippen MR) is 110 cm³/mol. The molecule has 0 N–H and O–H groups in total. The molecule has 138 valence electrons. The van der Waals surface area contributed by atoms with E-state index in [1.54, 1.807) is 0 Å². The van der Waals surface area contributed by atoms with Crippen molar-refractivity contribution in [1.82, 2.24) is 4.90 Å². The van der Waals surface area contributed by atoms with Crippen LogP contribution < -0.4 is 9.64 Å². The van der Waals surface area contributed by atoms with E-state index in [9.17, 15) is 4.79 Å². The zero-order chi connectivity index (χ0) is 18.5. The van der Waals surface area contributed by atoms with E-state index in [4.69, 9.17) is 4.74 Å². The molecule has 0 atom stereocenters. The molecule has 3 aromatic rings. The molecule has 27 heavy (non-hydrogen) atoms. The van der Waals surface area contributed by atoms with E-state index in [0.29, 0.717) is 6.61 Å². The maximum Gasteiger partial charge on any atom is 0.264 e. The van der Waals surface area contributed by atoms with Crippen LogP contribution in [0.5, 0.6) is 5.75 Å². The fourth-order valence-corrected chi connectivity index (χ4v) is 3.91. The summed E-state index contributed by atoms with van der Waals surface area (Å²) in [4.78, 5) is 17.5. The fourth-order valence-electron chi connectivity index (χ4n) is 3.22. The highest BCUT2D eigenvalue weighted by atomic mass is 32.1. The van der Waals surface area contributed by atoms with Gasteiger partial charge >= 0.3 is 0 Å². The summed E-state index contributed by atoms with van der Waals surface area (Å²) < 4.78 is 5.85. The SMILES string of the molecule is O=C(c1cccs1)N1CCN(c2ccc(OCc3ccccc3)cc2)CC1. The molecular formula is C22H22N2O2S. The second-order valence-electron chi connectivity index (χ2n) is 6.52. The standard InChI is InChI=1S/C22H22N2O2S/c25-22(21-7-4-16-27-21)24-14-12-23(13-15-24)19-8-10-20(11-9-19)26-17-18-5-2-1-3-6-18/h1-11,16H,12-15,17H2. The Hall–Kier alpha value is -2.79. The van der Waals surface area contributed by atoms with E-state index in [1.807, 2.05) is 52.7 Å². The van der Waals surface area contributed by atoms with Crippen molar-refractivity contribution >= 4 is 22.9 Å². The van der Waals surface area contributed by atoms with Gasteiger partial charge in [0.1, 0.15) is 12.4 Å². The Morgan fingerprint density at radius 3 is 2.30 bits per heavy atom. The van der Waals surface area contributed by atoms with E-state index in [0.717, 1.165) is 42.4 Å². The monoisotopic (exact) mass is 378 g/mol. The zero-order valence-electron chi connectivity index (χ0n) is 15.1. The van der Waals surface area contributed by atoms with Gasteiger partial charge in [-0.05, 0) is 41.3 Å². The Bertz CT molecular complexity index is 855. The average molecular weight is 378 g/mol. The number of carbonyl (C=O) groups is 1. The number of rotatable bonds is 5.